The fourth-order valence-corrected chi connectivity index (χ4v) is 5.30. The Morgan fingerprint density at radius 1 is 1.03 bits per heavy atom. The van der Waals surface area contributed by atoms with Gasteiger partial charge in [-0.3, -0.25) is 9.69 Å². The average molecular weight is 520 g/mol. The van der Waals surface area contributed by atoms with Crippen LogP contribution < -0.4 is 4.74 Å². The summed E-state index contributed by atoms with van der Waals surface area (Å²) in [6, 6.07) is 7.08. The van der Waals surface area contributed by atoms with Gasteiger partial charge in [0.15, 0.2) is 0 Å². The largest absolute Gasteiger partial charge is 0.489 e. The summed E-state index contributed by atoms with van der Waals surface area (Å²) in [6.07, 6.45) is -4.95. The molecule has 5 nitrogen and oxygen atoms in total. The van der Waals surface area contributed by atoms with E-state index in [1.807, 2.05) is 25.8 Å². The number of benzene rings is 1. The van der Waals surface area contributed by atoms with E-state index >= 15 is 0 Å². The summed E-state index contributed by atoms with van der Waals surface area (Å²) in [5, 5.41) is 0.320. The molecule has 0 atom stereocenters. The molecule has 1 amide bonds. The number of fused-ring (bicyclic) bond motifs is 2. The van der Waals surface area contributed by atoms with Gasteiger partial charge in [-0.2, -0.15) is 22.0 Å². The number of hydrogen-bond acceptors (Lipinski definition) is 3. The molecule has 35 heavy (non-hydrogen) atoms. The molecular weight excluding hydrogens is 493 g/mol. The van der Waals surface area contributed by atoms with Gasteiger partial charge in [-0.25, -0.2) is 0 Å². The van der Waals surface area contributed by atoms with Gasteiger partial charge in [-0.15, -0.1) is 0 Å². The Morgan fingerprint density at radius 3 is 2.26 bits per heavy atom. The van der Waals surface area contributed by atoms with Gasteiger partial charge >= 0.3 is 12.1 Å². The Morgan fingerprint density at radius 2 is 1.69 bits per heavy atom. The molecule has 0 bridgehead atoms. The molecule has 2 aliphatic rings. The van der Waals surface area contributed by atoms with E-state index in [2.05, 4.69) is 0 Å². The highest BCUT2D eigenvalue weighted by Crippen LogP contribution is 2.48. The zero-order chi connectivity index (χ0) is 25.8. The number of likely N-dealkylation sites (tertiary alicyclic amines) is 1. The van der Waals surface area contributed by atoms with Gasteiger partial charge in [0, 0.05) is 37.4 Å². The third-order valence-corrected chi connectivity index (χ3v) is 7.24. The van der Waals surface area contributed by atoms with Crippen LogP contribution in [0, 0.1) is 0 Å². The van der Waals surface area contributed by atoms with Crippen molar-refractivity contribution in [3.05, 3.63) is 52.3 Å². The average Bonchev–Trinajstić information content (AvgIpc) is 3.23. The number of alkyl halides is 5. The first-order valence-electron chi connectivity index (χ1n) is 11.4. The molecule has 1 aromatic carbocycles. The van der Waals surface area contributed by atoms with Crippen molar-refractivity contribution in [2.24, 2.45) is 0 Å². The van der Waals surface area contributed by atoms with Gasteiger partial charge in [0.05, 0.1) is 22.4 Å². The highest BCUT2D eigenvalue weighted by Gasteiger charge is 2.61. The number of ether oxygens (including phenoxy) is 1. The number of nitrogens with zero attached hydrogens (tertiary/aromatic N) is 3. The Balaban J connectivity index is 1.55. The molecular formula is C24H27ClF5N3O2. The molecule has 1 fully saturated rings. The second kappa shape index (κ2) is 8.96. The van der Waals surface area contributed by atoms with Gasteiger partial charge in [-0.05, 0) is 64.1 Å². The third-order valence-electron chi connectivity index (χ3n) is 6.94. The summed E-state index contributed by atoms with van der Waals surface area (Å²) in [5.74, 6) is -4.69. The fraction of sp³-hybridized carbons (Fsp3) is 0.542. The van der Waals surface area contributed by atoms with Crippen LogP contribution in [0.3, 0.4) is 0 Å². The zero-order valence-electron chi connectivity index (χ0n) is 19.6. The maximum atomic E-state index is 14.2. The maximum absolute atomic E-state index is 14.2. The number of carbonyl (C=O) groups is 1. The van der Waals surface area contributed by atoms with Gasteiger partial charge in [-0.1, -0.05) is 11.6 Å². The summed E-state index contributed by atoms with van der Waals surface area (Å²) in [7, 11) is 1.84. The van der Waals surface area contributed by atoms with Crippen molar-refractivity contribution in [1.29, 1.82) is 0 Å². The first kappa shape index (κ1) is 25.8. The first-order chi connectivity index (χ1) is 16.3. The minimum atomic E-state index is -5.68. The third kappa shape index (κ3) is 4.39. The minimum Gasteiger partial charge on any atom is -0.489 e. The summed E-state index contributed by atoms with van der Waals surface area (Å²) in [5.41, 5.74) is -0.948. The molecule has 11 heteroatoms. The SMILES string of the molecule is CC(C)Oc1ccc(C(=O)N2CCC3(CC2)c2ccc(C(F)(F)C(F)(F)F)n2CCN3C)cc1Cl. The molecule has 4 rings (SSSR count). The molecule has 0 aliphatic carbocycles. The smallest absolute Gasteiger partial charge is 0.459 e. The summed E-state index contributed by atoms with van der Waals surface area (Å²) in [6.45, 7) is 4.73. The lowest BCUT2D eigenvalue weighted by molar-refractivity contribution is -0.292. The van der Waals surface area contributed by atoms with Crippen LogP contribution in [0.5, 0.6) is 5.75 Å². The van der Waals surface area contributed by atoms with Gasteiger partial charge < -0.3 is 14.2 Å². The van der Waals surface area contributed by atoms with Gasteiger partial charge in [0.2, 0.25) is 0 Å². The van der Waals surface area contributed by atoms with Crippen LogP contribution in [0.25, 0.3) is 0 Å². The van der Waals surface area contributed by atoms with Crippen molar-refractivity contribution in [3.63, 3.8) is 0 Å². The molecule has 0 unspecified atom stereocenters. The Labute approximate surface area is 205 Å². The lowest BCUT2D eigenvalue weighted by atomic mass is 9.81. The zero-order valence-corrected chi connectivity index (χ0v) is 20.4. The Kier molecular flexibility index (Phi) is 6.59. The van der Waals surface area contributed by atoms with E-state index in [1.165, 1.54) is 6.07 Å². The van der Waals surface area contributed by atoms with Crippen molar-refractivity contribution in [2.75, 3.05) is 26.7 Å². The van der Waals surface area contributed by atoms with Gasteiger partial charge in [0.1, 0.15) is 5.75 Å². The number of likely N-dealkylation sites (N-methyl/N-ethyl adjacent to an activating group) is 1. The number of piperidine rings is 1. The molecule has 2 aliphatic heterocycles. The summed E-state index contributed by atoms with van der Waals surface area (Å²) >= 11 is 6.27. The highest BCUT2D eigenvalue weighted by atomic mass is 35.5. The number of aromatic nitrogens is 1. The van der Waals surface area contributed by atoms with Crippen molar-refractivity contribution < 1.29 is 31.5 Å². The monoisotopic (exact) mass is 519 g/mol. The van der Waals surface area contributed by atoms with Crippen LogP contribution in [0.4, 0.5) is 22.0 Å². The number of rotatable bonds is 4. The standard InChI is InChI=1S/C24H27ClF5N3O2/c1-15(2)35-18-5-4-16(14-17(18)25)21(34)32-10-8-22(9-11-32)19-6-7-20(23(26,27)24(28,29)30)33(19)13-12-31(22)3/h4-7,14-15H,8-13H2,1-3H3. The predicted octanol–water partition coefficient (Wildman–Crippen LogP) is 5.66. The van der Waals surface area contributed by atoms with E-state index in [0.717, 1.165) is 10.6 Å². The predicted molar refractivity (Wildman–Crippen MR) is 121 cm³/mol. The van der Waals surface area contributed by atoms with Crippen molar-refractivity contribution in [2.45, 2.75) is 57.0 Å². The van der Waals surface area contributed by atoms with Crippen molar-refractivity contribution >= 4 is 17.5 Å². The van der Waals surface area contributed by atoms with Gasteiger partial charge in [0.25, 0.3) is 5.91 Å². The van der Waals surface area contributed by atoms with E-state index in [4.69, 9.17) is 16.3 Å². The number of hydrogen-bond donors (Lipinski definition) is 0. The Bertz CT molecular complexity index is 1110. The van der Waals surface area contributed by atoms with Crippen LogP contribution in [-0.2, 0) is 18.0 Å². The molecule has 0 saturated carbocycles. The van der Waals surface area contributed by atoms with Crippen molar-refractivity contribution in [1.82, 2.24) is 14.4 Å². The second-order valence-corrected chi connectivity index (χ2v) is 9.79. The summed E-state index contributed by atoms with van der Waals surface area (Å²) in [4.78, 5) is 16.8. The van der Waals surface area contributed by atoms with Crippen LogP contribution in [0.15, 0.2) is 30.3 Å². The fourth-order valence-electron chi connectivity index (χ4n) is 5.08. The van der Waals surface area contributed by atoms with E-state index in [0.29, 0.717) is 54.5 Å². The normalized spacial score (nSPS) is 18.7. The van der Waals surface area contributed by atoms with Crippen LogP contribution in [0.2, 0.25) is 5.02 Å². The van der Waals surface area contributed by atoms with Crippen LogP contribution >= 0.6 is 11.6 Å². The lowest BCUT2D eigenvalue weighted by Gasteiger charge is -2.50. The Hall–Kier alpha value is -2.33. The number of amides is 1. The lowest BCUT2D eigenvalue weighted by Crippen LogP contribution is -2.57. The summed E-state index contributed by atoms with van der Waals surface area (Å²) < 4.78 is 74.3. The second-order valence-electron chi connectivity index (χ2n) is 9.38. The first-order valence-corrected chi connectivity index (χ1v) is 11.8. The molecule has 1 spiro atoms. The highest BCUT2D eigenvalue weighted by molar-refractivity contribution is 6.32. The number of halogens is 6. The molecule has 2 aromatic rings. The molecule has 0 radical (unpaired) electrons. The molecule has 3 heterocycles. The minimum absolute atomic E-state index is 0.0352. The van der Waals surface area contributed by atoms with Crippen LogP contribution in [0.1, 0.15) is 48.4 Å². The molecule has 1 saturated heterocycles. The van der Waals surface area contributed by atoms with Crippen molar-refractivity contribution in [3.8, 4) is 5.75 Å². The quantitative estimate of drug-likeness (QED) is 0.489. The van der Waals surface area contributed by atoms with E-state index in [-0.39, 0.29) is 18.6 Å². The molecule has 0 N–H and O–H groups in total. The van der Waals surface area contributed by atoms with E-state index in [9.17, 15) is 26.7 Å². The van der Waals surface area contributed by atoms with E-state index in [1.54, 1.807) is 23.1 Å². The van der Waals surface area contributed by atoms with Crippen LogP contribution in [-0.4, -0.2) is 59.2 Å². The topological polar surface area (TPSA) is 37.7 Å². The molecule has 1 aromatic heterocycles. The number of carbonyl (C=O) groups excluding carboxylic acids is 1. The molecule has 192 valence electrons. The van der Waals surface area contributed by atoms with E-state index < -0.39 is 23.3 Å². The maximum Gasteiger partial charge on any atom is 0.459 e.